The minimum atomic E-state index is -0.124. The van der Waals surface area contributed by atoms with Crippen LogP contribution in [0.15, 0.2) is 12.3 Å². The van der Waals surface area contributed by atoms with Crippen molar-refractivity contribution in [1.29, 1.82) is 0 Å². The fraction of sp³-hybridized carbons (Fsp3) is 0.500. The summed E-state index contributed by atoms with van der Waals surface area (Å²) in [5, 5.41) is 3.30. The standard InChI is InChI=1S/C10H16ClN3O/c1-2-5-14-7-8(11)6-9(14)10(15)13-4-3-12/h6-7H,2-5,12H2,1H3,(H,13,15). The summed E-state index contributed by atoms with van der Waals surface area (Å²) in [4.78, 5) is 11.7. The maximum absolute atomic E-state index is 11.7. The van der Waals surface area contributed by atoms with Crippen molar-refractivity contribution in [1.82, 2.24) is 9.88 Å². The molecule has 1 rings (SSSR count). The van der Waals surface area contributed by atoms with E-state index < -0.39 is 0 Å². The number of nitrogens with zero attached hydrogens (tertiary/aromatic N) is 1. The van der Waals surface area contributed by atoms with Gasteiger partial charge in [-0.1, -0.05) is 18.5 Å². The van der Waals surface area contributed by atoms with Gasteiger partial charge in [-0.15, -0.1) is 0 Å². The molecule has 0 saturated carbocycles. The van der Waals surface area contributed by atoms with Gasteiger partial charge in [0.1, 0.15) is 5.69 Å². The zero-order valence-electron chi connectivity index (χ0n) is 8.79. The van der Waals surface area contributed by atoms with Crippen LogP contribution in [0.4, 0.5) is 0 Å². The topological polar surface area (TPSA) is 60.0 Å². The fourth-order valence-electron chi connectivity index (χ4n) is 1.37. The fourth-order valence-corrected chi connectivity index (χ4v) is 1.59. The number of aromatic nitrogens is 1. The summed E-state index contributed by atoms with van der Waals surface area (Å²) < 4.78 is 1.86. The number of carbonyl (C=O) groups excluding carboxylic acids is 1. The molecule has 0 aliphatic heterocycles. The molecule has 0 aromatic carbocycles. The highest BCUT2D eigenvalue weighted by Crippen LogP contribution is 2.14. The largest absolute Gasteiger partial charge is 0.349 e. The van der Waals surface area contributed by atoms with Gasteiger partial charge in [0, 0.05) is 25.8 Å². The molecule has 84 valence electrons. The summed E-state index contributed by atoms with van der Waals surface area (Å²) in [7, 11) is 0. The second-order valence-electron chi connectivity index (χ2n) is 3.28. The van der Waals surface area contributed by atoms with Crippen LogP contribution < -0.4 is 11.1 Å². The van der Waals surface area contributed by atoms with Crippen LogP contribution in [0.5, 0.6) is 0 Å². The Labute approximate surface area is 94.4 Å². The molecule has 0 fully saturated rings. The van der Waals surface area contributed by atoms with Crippen molar-refractivity contribution in [3.8, 4) is 0 Å². The lowest BCUT2D eigenvalue weighted by Gasteiger charge is -2.07. The normalized spacial score (nSPS) is 10.3. The summed E-state index contributed by atoms with van der Waals surface area (Å²) in [6.07, 6.45) is 2.73. The molecule has 5 heteroatoms. The molecule has 0 radical (unpaired) electrons. The van der Waals surface area contributed by atoms with Crippen molar-refractivity contribution in [2.75, 3.05) is 13.1 Å². The predicted octanol–water partition coefficient (Wildman–Crippen LogP) is 1.24. The minimum Gasteiger partial charge on any atom is -0.349 e. The molecule has 4 nitrogen and oxygen atoms in total. The van der Waals surface area contributed by atoms with Crippen LogP contribution in [0, 0.1) is 0 Å². The van der Waals surface area contributed by atoms with E-state index >= 15 is 0 Å². The first-order valence-corrected chi connectivity index (χ1v) is 5.40. The van der Waals surface area contributed by atoms with Crippen molar-refractivity contribution < 1.29 is 4.79 Å². The molecule has 0 atom stereocenters. The smallest absolute Gasteiger partial charge is 0.268 e. The highest BCUT2D eigenvalue weighted by atomic mass is 35.5. The van der Waals surface area contributed by atoms with Crippen LogP contribution in [-0.2, 0) is 6.54 Å². The lowest BCUT2D eigenvalue weighted by molar-refractivity contribution is 0.0945. The second kappa shape index (κ2) is 5.78. The molecule has 0 unspecified atom stereocenters. The maximum atomic E-state index is 11.7. The van der Waals surface area contributed by atoms with Gasteiger partial charge in [0.25, 0.3) is 5.91 Å². The van der Waals surface area contributed by atoms with Crippen molar-refractivity contribution >= 4 is 17.5 Å². The van der Waals surface area contributed by atoms with Crippen molar-refractivity contribution in [3.05, 3.63) is 23.0 Å². The molecule has 0 spiro atoms. The van der Waals surface area contributed by atoms with Crippen LogP contribution in [-0.4, -0.2) is 23.6 Å². The van der Waals surface area contributed by atoms with E-state index in [1.54, 1.807) is 12.3 Å². The Bertz CT molecular complexity index is 335. The monoisotopic (exact) mass is 229 g/mol. The van der Waals surface area contributed by atoms with Gasteiger partial charge in [-0.2, -0.15) is 0 Å². The molecule has 3 N–H and O–H groups in total. The maximum Gasteiger partial charge on any atom is 0.268 e. The van der Waals surface area contributed by atoms with E-state index in [2.05, 4.69) is 12.2 Å². The minimum absolute atomic E-state index is 0.124. The summed E-state index contributed by atoms with van der Waals surface area (Å²) in [6, 6.07) is 1.67. The molecular weight excluding hydrogens is 214 g/mol. The van der Waals surface area contributed by atoms with Crippen molar-refractivity contribution in [2.45, 2.75) is 19.9 Å². The lowest BCUT2D eigenvalue weighted by Crippen LogP contribution is -2.30. The average Bonchev–Trinajstić information content (AvgIpc) is 2.57. The Morgan fingerprint density at radius 2 is 2.40 bits per heavy atom. The van der Waals surface area contributed by atoms with Gasteiger partial charge in [-0.25, -0.2) is 0 Å². The third-order valence-electron chi connectivity index (χ3n) is 1.99. The van der Waals surface area contributed by atoms with Crippen molar-refractivity contribution in [2.24, 2.45) is 5.73 Å². The third-order valence-corrected chi connectivity index (χ3v) is 2.20. The van der Waals surface area contributed by atoms with E-state index in [9.17, 15) is 4.79 Å². The molecule has 15 heavy (non-hydrogen) atoms. The second-order valence-corrected chi connectivity index (χ2v) is 3.72. The van der Waals surface area contributed by atoms with E-state index in [0.717, 1.165) is 13.0 Å². The number of hydrogen-bond donors (Lipinski definition) is 2. The first-order valence-electron chi connectivity index (χ1n) is 5.03. The highest BCUT2D eigenvalue weighted by molar-refractivity contribution is 6.31. The molecule has 1 heterocycles. The SMILES string of the molecule is CCCn1cc(Cl)cc1C(=O)NCCN. The van der Waals surface area contributed by atoms with Crippen molar-refractivity contribution in [3.63, 3.8) is 0 Å². The molecule has 0 saturated heterocycles. The molecule has 1 aromatic rings. The molecular formula is C10H16ClN3O. The molecule has 1 amide bonds. The number of carbonyl (C=O) groups is 1. The lowest BCUT2D eigenvalue weighted by atomic mass is 10.3. The van der Waals surface area contributed by atoms with Crippen LogP contribution in [0.2, 0.25) is 5.02 Å². The van der Waals surface area contributed by atoms with Gasteiger partial charge < -0.3 is 15.6 Å². The van der Waals surface area contributed by atoms with E-state index in [1.807, 2.05) is 4.57 Å². The summed E-state index contributed by atoms with van der Waals surface area (Å²) in [5.74, 6) is -0.124. The number of hydrogen-bond acceptors (Lipinski definition) is 2. The Balaban J connectivity index is 2.77. The van der Waals surface area contributed by atoms with E-state index in [-0.39, 0.29) is 5.91 Å². The van der Waals surface area contributed by atoms with Gasteiger partial charge >= 0.3 is 0 Å². The van der Waals surface area contributed by atoms with Crippen LogP contribution >= 0.6 is 11.6 Å². The average molecular weight is 230 g/mol. The number of halogens is 1. The Hall–Kier alpha value is -1.00. The molecule has 1 aromatic heterocycles. The third kappa shape index (κ3) is 3.25. The Morgan fingerprint density at radius 3 is 3.00 bits per heavy atom. The molecule has 0 bridgehead atoms. The Morgan fingerprint density at radius 1 is 1.67 bits per heavy atom. The van der Waals surface area contributed by atoms with Gasteiger partial charge in [0.05, 0.1) is 5.02 Å². The van der Waals surface area contributed by atoms with Gasteiger partial charge in [-0.05, 0) is 12.5 Å². The van der Waals surface area contributed by atoms with Crippen LogP contribution in [0.25, 0.3) is 0 Å². The van der Waals surface area contributed by atoms with Gasteiger partial charge in [0.2, 0.25) is 0 Å². The van der Waals surface area contributed by atoms with Gasteiger partial charge in [-0.3, -0.25) is 4.79 Å². The molecule has 0 aliphatic rings. The molecule has 0 aliphatic carbocycles. The zero-order chi connectivity index (χ0) is 11.3. The van der Waals surface area contributed by atoms with Gasteiger partial charge in [0.15, 0.2) is 0 Å². The Kier molecular flexibility index (Phi) is 4.65. The number of amides is 1. The summed E-state index contributed by atoms with van der Waals surface area (Å²) >= 11 is 5.85. The number of aryl methyl sites for hydroxylation is 1. The highest BCUT2D eigenvalue weighted by Gasteiger charge is 2.11. The van der Waals surface area contributed by atoms with E-state index in [1.165, 1.54) is 0 Å². The van der Waals surface area contributed by atoms with Crippen LogP contribution in [0.3, 0.4) is 0 Å². The van der Waals surface area contributed by atoms with Crippen LogP contribution in [0.1, 0.15) is 23.8 Å². The quantitative estimate of drug-likeness (QED) is 0.798. The van der Waals surface area contributed by atoms with E-state index in [4.69, 9.17) is 17.3 Å². The summed E-state index contributed by atoms with van der Waals surface area (Å²) in [6.45, 7) is 3.76. The zero-order valence-corrected chi connectivity index (χ0v) is 9.55. The first kappa shape index (κ1) is 12.1. The number of nitrogens with one attached hydrogen (secondary N) is 1. The van der Waals surface area contributed by atoms with E-state index in [0.29, 0.717) is 23.8 Å². The summed E-state index contributed by atoms with van der Waals surface area (Å²) in [5.41, 5.74) is 5.90. The number of rotatable bonds is 5. The first-order chi connectivity index (χ1) is 7.19. The number of nitrogens with two attached hydrogens (primary N) is 1. The predicted molar refractivity (Wildman–Crippen MR) is 61.1 cm³/mol.